The molecule has 0 unspecified atom stereocenters. The molecule has 4 rings (SSSR count). The van der Waals surface area contributed by atoms with Gasteiger partial charge in [0.05, 0.1) is 34.5 Å². The van der Waals surface area contributed by atoms with E-state index in [0.717, 1.165) is 5.56 Å². The first kappa shape index (κ1) is 23.5. The number of esters is 1. The van der Waals surface area contributed by atoms with Crippen molar-refractivity contribution in [3.05, 3.63) is 95.6 Å². The number of benzene rings is 2. The number of carbonyl (C=O) groups excluding carboxylic acids is 1. The first-order chi connectivity index (χ1) is 16.3. The zero-order chi connectivity index (χ0) is 24.4. The first-order valence-electron chi connectivity index (χ1n) is 10.3. The maximum absolute atomic E-state index is 13.4. The van der Waals surface area contributed by atoms with Crippen LogP contribution in [0, 0.1) is 0 Å². The maximum atomic E-state index is 13.4. The van der Waals surface area contributed by atoms with Crippen LogP contribution in [0.4, 0.5) is 5.69 Å². The monoisotopic (exact) mass is 497 g/mol. The summed E-state index contributed by atoms with van der Waals surface area (Å²) in [6.07, 6.45) is 1.52. The highest BCUT2D eigenvalue weighted by atomic mass is 35.5. The Morgan fingerprint density at radius 1 is 1.26 bits per heavy atom. The number of carboxylic acid groups (broad SMARTS) is 1. The van der Waals surface area contributed by atoms with Gasteiger partial charge in [0.25, 0.3) is 5.56 Å². The molecule has 2 heterocycles. The van der Waals surface area contributed by atoms with Crippen molar-refractivity contribution >= 4 is 46.8 Å². The number of allylic oxidation sites excluding steroid dienone is 1. The molecule has 8 nitrogen and oxygen atoms in total. The molecule has 0 saturated heterocycles. The molecule has 1 aromatic heterocycles. The number of hydrogen-bond acceptors (Lipinski definition) is 7. The number of hydrogen-bond donors (Lipinski definition) is 2. The third kappa shape index (κ3) is 4.40. The van der Waals surface area contributed by atoms with Crippen LogP contribution in [0.2, 0.25) is 5.02 Å². The molecule has 1 atom stereocenters. The Balaban J connectivity index is 1.81. The Labute approximate surface area is 203 Å². The van der Waals surface area contributed by atoms with Crippen LogP contribution in [0.15, 0.2) is 69.6 Å². The fraction of sp³-hybridized carbons (Fsp3) is 0.167. The largest absolute Gasteiger partial charge is 0.478 e. The third-order valence-electron chi connectivity index (χ3n) is 5.20. The van der Waals surface area contributed by atoms with Crippen molar-refractivity contribution in [2.45, 2.75) is 19.9 Å². The van der Waals surface area contributed by atoms with Gasteiger partial charge in [-0.15, -0.1) is 0 Å². The Morgan fingerprint density at radius 3 is 2.65 bits per heavy atom. The Kier molecular flexibility index (Phi) is 6.67. The third-order valence-corrected chi connectivity index (χ3v) is 6.50. The van der Waals surface area contributed by atoms with Crippen LogP contribution in [0.5, 0.6) is 0 Å². The molecule has 0 fully saturated rings. The van der Waals surface area contributed by atoms with E-state index in [2.05, 4.69) is 10.3 Å². The van der Waals surface area contributed by atoms with Crippen molar-refractivity contribution in [3.63, 3.8) is 0 Å². The Hall–Kier alpha value is -3.69. The summed E-state index contributed by atoms with van der Waals surface area (Å²) >= 11 is 7.21. The molecule has 0 amide bonds. The second-order valence-electron chi connectivity index (χ2n) is 7.36. The van der Waals surface area contributed by atoms with Gasteiger partial charge in [-0.1, -0.05) is 53.3 Å². The van der Waals surface area contributed by atoms with Crippen LogP contribution in [0.25, 0.3) is 6.20 Å². The second-order valence-corrected chi connectivity index (χ2v) is 8.77. The van der Waals surface area contributed by atoms with Crippen LogP contribution in [0.3, 0.4) is 0 Å². The summed E-state index contributed by atoms with van der Waals surface area (Å²) in [5, 5.41) is 12.2. The fourth-order valence-electron chi connectivity index (χ4n) is 3.67. The summed E-state index contributed by atoms with van der Waals surface area (Å²) in [6.45, 7) is 3.65. The van der Waals surface area contributed by atoms with Gasteiger partial charge < -0.3 is 15.2 Å². The maximum Gasteiger partial charge on any atom is 0.338 e. The molecule has 1 aliphatic heterocycles. The molecule has 1 aliphatic rings. The number of thiazole rings is 1. The van der Waals surface area contributed by atoms with Crippen molar-refractivity contribution in [1.82, 2.24) is 4.57 Å². The molecule has 0 aliphatic carbocycles. The second kappa shape index (κ2) is 9.66. The highest BCUT2D eigenvalue weighted by molar-refractivity contribution is 7.07. The molecular weight excluding hydrogens is 478 g/mol. The van der Waals surface area contributed by atoms with Crippen molar-refractivity contribution in [3.8, 4) is 0 Å². The van der Waals surface area contributed by atoms with Crippen LogP contribution >= 0.6 is 22.9 Å². The van der Waals surface area contributed by atoms with Gasteiger partial charge in [0.1, 0.15) is 4.53 Å². The van der Waals surface area contributed by atoms with E-state index in [-0.39, 0.29) is 22.8 Å². The lowest BCUT2D eigenvalue weighted by Crippen LogP contribution is -2.40. The average molecular weight is 498 g/mol. The van der Waals surface area contributed by atoms with Crippen molar-refractivity contribution < 1.29 is 19.4 Å². The molecule has 0 radical (unpaired) electrons. The van der Waals surface area contributed by atoms with Crippen molar-refractivity contribution in [2.24, 2.45) is 4.99 Å². The van der Waals surface area contributed by atoms with E-state index in [1.807, 2.05) is 30.3 Å². The SMILES string of the molecule is CCOC(=O)C1=C(C)N=c2s/c(=C\Nc3ccc(C(=O)O)c(Cl)c3)c(=O)n2[C@@H]1c1ccccc1. The minimum atomic E-state index is -1.13. The van der Waals surface area contributed by atoms with Gasteiger partial charge in [-0.05, 0) is 37.6 Å². The highest BCUT2D eigenvalue weighted by Crippen LogP contribution is 2.30. The number of halogens is 1. The van der Waals surface area contributed by atoms with E-state index in [4.69, 9.17) is 21.4 Å². The molecule has 0 saturated carbocycles. The number of aromatic nitrogens is 1. The smallest absolute Gasteiger partial charge is 0.338 e. The zero-order valence-electron chi connectivity index (χ0n) is 18.2. The molecule has 174 valence electrons. The predicted molar refractivity (Wildman–Crippen MR) is 130 cm³/mol. The van der Waals surface area contributed by atoms with Crippen LogP contribution < -0.4 is 20.2 Å². The van der Waals surface area contributed by atoms with Crippen molar-refractivity contribution in [2.75, 3.05) is 11.9 Å². The summed E-state index contributed by atoms with van der Waals surface area (Å²) in [4.78, 5) is 42.4. The van der Waals surface area contributed by atoms with Crippen LogP contribution in [-0.2, 0) is 9.53 Å². The lowest BCUT2D eigenvalue weighted by atomic mass is 9.96. The van der Waals surface area contributed by atoms with E-state index in [1.165, 1.54) is 34.2 Å². The van der Waals surface area contributed by atoms with Gasteiger partial charge in [0.15, 0.2) is 4.80 Å². The van der Waals surface area contributed by atoms with Crippen LogP contribution in [0.1, 0.15) is 35.8 Å². The normalized spacial score (nSPS) is 15.5. The standard InChI is InChI=1S/C24H20ClN3O5S/c1-3-33-23(32)19-13(2)27-24-28(20(19)14-7-5-4-6-8-14)21(29)18(34-24)12-26-15-9-10-16(22(30)31)17(25)11-15/h4-12,20,26H,3H2,1-2H3,(H,30,31)/b18-12-/t20-/m1/s1. The van der Waals surface area contributed by atoms with Crippen LogP contribution in [-0.4, -0.2) is 28.2 Å². The number of ether oxygens (including phenoxy) is 1. The van der Waals surface area contributed by atoms with E-state index in [9.17, 15) is 14.4 Å². The lowest BCUT2D eigenvalue weighted by molar-refractivity contribution is -0.139. The minimum Gasteiger partial charge on any atom is -0.478 e. The predicted octanol–water partition coefficient (Wildman–Crippen LogP) is 3.17. The number of carbonyl (C=O) groups is 2. The molecule has 10 heteroatoms. The quantitative estimate of drug-likeness (QED) is 0.506. The van der Waals surface area contributed by atoms with Gasteiger partial charge in [-0.3, -0.25) is 9.36 Å². The van der Waals surface area contributed by atoms with Gasteiger partial charge >= 0.3 is 11.9 Å². The summed E-state index contributed by atoms with van der Waals surface area (Å²) < 4.78 is 7.12. The summed E-state index contributed by atoms with van der Waals surface area (Å²) in [5.74, 6) is -1.64. The summed E-state index contributed by atoms with van der Waals surface area (Å²) in [5.41, 5.74) is 1.74. The number of fused-ring (bicyclic) bond motifs is 1. The molecule has 0 bridgehead atoms. The molecule has 0 spiro atoms. The number of carboxylic acids is 1. The first-order valence-corrected chi connectivity index (χ1v) is 11.5. The van der Waals surface area contributed by atoms with Gasteiger partial charge in [-0.25, -0.2) is 14.6 Å². The molecule has 2 aromatic carbocycles. The van der Waals surface area contributed by atoms with E-state index < -0.39 is 18.0 Å². The number of anilines is 1. The summed E-state index contributed by atoms with van der Waals surface area (Å²) in [6, 6.07) is 13.0. The zero-order valence-corrected chi connectivity index (χ0v) is 19.8. The number of nitrogens with one attached hydrogen (secondary N) is 1. The van der Waals surface area contributed by atoms with Crippen molar-refractivity contribution in [1.29, 1.82) is 0 Å². The van der Waals surface area contributed by atoms with E-state index >= 15 is 0 Å². The summed E-state index contributed by atoms with van der Waals surface area (Å²) in [7, 11) is 0. The van der Waals surface area contributed by atoms with Gasteiger partial charge in [-0.2, -0.15) is 0 Å². The van der Waals surface area contributed by atoms with E-state index in [1.54, 1.807) is 19.9 Å². The topological polar surface area (TPSA) is 110 Å². The highest BCUT2D eigenvalue weighted by Gasteiger charge is 2.33. The molecule has 3 aromatic rings. The Bertz CT molecular complexity index is 1490. The minimum absolute atomic E-state index is 0.0172. The molecule has 34 heavy (non-hydrogen) atoms. The Morgan fingerprint density at radius 2 is 2.00 bits per heavy atom. The molecular formula is C24H20ClN3O5S. The number of nitrogens with zero attached hydrogens (tertiary/aromatic N) is 2. The molecule has 2 N–H and O–H groups in total. The fourth-order valence-corrected chi connectivity index (χ4v) is 4.90. The van der Waals surface area contributed by atoms with Gasteiger partial charge in [0.2, 0.25) is 0 Å². The lowest BCUT2D eigenvalue weighted by Gasteiger charge is -2.24. The van der Waals surface area contributed by atoms with Gasteiger partial charge in [0, 0.05) is 11.9 Å². The van der Waals surface area contributed by atoms with E-state index in [0.29, 0.717) is 26.3 Å². The number of aromatic carboxylic acids is 1. The number of rotatable bonds is 6. The average Bonchev–Trinajstić information content (AvgIpc) is 3.12.